The maximum atomic E-state index is 9.41. The minimum atomic E-state index is -0.801. The molecule has 0 heterocycles. The molecule has 0 aromatic heterocycles. The Labute approximate surface area is 72.6 Å². The van der Waals surface area contributed by atoms with E-state index in [0.29, 0.717) is 12.8 Å². The highest BCUT2D eigenvalue weighted by Gasteiger charge is 2.36. The van der Waals surface area contributed by atoms with Crippen LogP contribution in [0.15, 0.2) is 0 Å². The van der Waals surface area contributed by atoms with E-state index in [1.54, 1.807) is 0 Å². The quantitative estimate of drug-likeness (QED) is 0.429. The number of rotatable bonds is 2. The molecule has 1 aliphatic rings. The van der Waals surface area contributed by atoms with E-state index in [9.17, 15) is 5.11 Å². The van der Waals surface area contributed by atoms with Crippen molar-refractivity contribution in [1.29, 1.82) is 0 Å². The van der Waals surface area contributed by atoms with E-state index in [1.807, 2.05) is 0 Å². The minimum Gasteiger partial charge on any atom is -0.394 e. The first-order valence-corrected chi connectivity index (χ1v) is 4.42. The lowest BCUT2D eigenvalue weighted by molar-refractivity contribution is 0.0119. The van der Waals surface area contributed by atoms with E-state index >= 15 is 0 Å². The third kappa shape index (κ3) is 1.95. The van der Waals surface area contributed by atoms with Gasteiger partial charge >= 0.3 is 0 Å². The molecule has 6 N–H and O–H groups in total. The summed E-state index contributed by atoms with van der Waals surface area (Å²) in [6.45, 7) is -0.258. The number of hydrogen-bond acceptors (Lipinski definition) is 4. The number of aliphatic hydroxyl groups is 2. The standard InChI is InChI=1S/C8H18N2O2/c9-6-1-3-8(10,4-2-6)7(12)5-11/h6-7,11-12H,1-5,9-10H2. The fraction of sp³-hybridized carbons (Fsp3) is 1.00. The average Bonchev–Trinajstić information content (AvgIpc) is 2.09. The van der Waals surface area contributed by atoms with Gasteiger partial charge in [0.1, 0.15) is 0 Å². The molecular formula is C8H18N2O2. The van der Waals surface area contributed by atoms with Crippen molar-refractivity contribution in [2.75, 3.05) is 6.61 Å². The SMILES string of the molecule is NC1CCC(N)(C(O)CO)CC1. The predicted octanol–water partition coefficient (Wildman–Crippen LogP) is -1.06. The number of aliphatic hydroxyl groups excluding tert-OH is 2. The van der Waals surface area contributed by atoms with Gasteiger partial charge in [-0.05, 0) is 25.7 Å². The van der Waals surface area contributed by atoms with Crippen LogP contribution in [0.3, 0.4) is 0 Å². The lowest BCUT2D eigenvalue weighted by Gasteiger charge is -2.38. The van der Waals surface area contributed by atoms with E-state index in [4.69, 9.17) is 16.6 Å². The Bertz CT molecular complexity index is 144. The third-order valence-corrected chi connectivity index (χ3v) is 2.80. The highest BCUT2D eigenvalue weighted by molar-refractivity contribution is 4.96. The Morgan fingerprint density at radius 2 is 1.92 bits per heavy atom. The molecule has 12 heavy (non-hydrogen) atoms. The number of hydrogen-bond donors (Lipinski definition) is 4. The van der Waals surface area contributed by atoms with Gasteiger partial charge in [0.15, 0.2) is 0 Å². The highest BCUT2D eigenvalue weighted by Crippen LogP contribution is 2.28. The zero-order chi connectivity index (χ0) is 9.19. The zero-order valence-corrected chi connectivity index (χ0v) is 7.24. The van der Waals surface area contributed by atoms with Gasteiger partial charge in [-0.15, -0.1) is 0 Å². The summed E-state index contributed by atoms with van der Waals surface area (Å²) in [6.07, 6.45) is 2.29. The minimum absolute atomic E-state index is 0.215. The van der Waals surface area contributed by atoms with Crippen molar-refractivity contribution in [3.8, 4) is 0 Å². The maximum Gasteiger partial charge on any atom is 0.0949 e. The van der Waals surface area contributed by atoms with Crippen LogP contribution < -0.4 is 11.5 Å². The smallest absolute Gasteiger partial charge is 0.0949 e. The summed E-state index contributed by atoms with van der Waals surface area (Å²) < 4.78 is 0. The van der Waals surface area contributed by atoms with Crippen LogP contribution in [0.25, 0.3) is 0 Å². The molecule has 1 fully saturated rings. The van der Waals surface area contributed by atoms with Crippen LogP contribution >= 0.6 is 0 Å². The van der Waals surface area contributed by atoms with Gasteiger partial charge in [-0.25, -0.2) is 0 Å². The van der Waals surface area contributed by atoms with Crippen molar-refractivity contribution in [3.05, 3.63) is 0 Å². The first-order valence-electron chi connectivity index (χ1n) is 4.42. The van der Waals surface area contributed by atoms with Crippen molar-refractivity contribution in [2.45, 2.75) is 43.4 Å². The van der Waals surface area contributed by atoms with Crippen LogP contribution in [-0.4, -0.2) is 34.5 Å². The number of nitrogens with two attached hydrogens (primary N) is 2. The van der Waals surface area contributed by atoms with Gasteiger partial charge in [0.25, 0.3) is 0 Å². The summed E-state index contributed by atoms with van der Waals surface area (Å²) in [5.74, 6) is 0. The largest absolute Gasteiger partial charge is 0.394 e. The van der Waals surface area contributed by atoms with Gasteiger partial charge in [-0.2, -0.15) is 0 Å². The summed E-state index contributed by atoms with van der Waals surface area (Å²) in [7, 11) is 0. The molecule has 72 valence electrons. The van der Waals surface area contributed by atoms with Crippen LogP contribution in [0.2, 0.25) is 0 Å². The van der Waals surface area contributed by atoms with Gasteiger partial charge in [-0.3, -0.25) is 0 Å². The summed E-state index contributed by atoms with van der Waals surface area (Å²) in [4.78, 5) is 0. The third-order valence-electron chi connectivity index (χ3n) is 2.80. The molecule has 4 heteroatoms. The summed E-state index contributed by atoms with van der Waals surface area (Å²) in [6, 6.07) is 0.215. The van der Waals surface area contributed by atoms with Crippen molar-refractivity contribution in [3.63, 3.8) is 0 Å². The molecule has 1 saturated carbocycles. The predicted molar refractivity (Wildman–Crippen MR) is 46.5 cm³/mol. The molecule has 0 aromatic carbocycles. The second-order valence-corrected chi connectivity index (χ2v) is 3.77. The Balaban J connectivity index is 2.49. The molecule has 4 nitrogen and oxygen atoms in total. The molecule has 1 unspecified atom stereocenters. The summed E-state index contributed by atoms with van der Waals surface area (Å²) >= 11 is 0. The molecule has 0 saturated heterocycles. The van der Waals surface area contributed by atoms with Gasteiger partial charge in [-0.1, -0.05) is 0 Å². The Kier molecular flexibility index (Phi) is 3.06. The fourth-order valence-electron chi connectivity index (χ4n) is 1.69. The molecule has 1 atom stereocenters. The zero-order valence-electron chi connectivity index (χ0n) is 7.24. The molecule has 0 aliphatic heterocycles. The summed E-state index contributed by atoms with van der Waals surface area (Å²) in [5, 5.41) is 18.2. The Hall–Kier alpha value is -0.160. The van der Waals surface area contributed by atoms with Gasteiger partial charge in [0.2, 0.25) is 0 Å². The molecule has 1 rings (SSSR count). The lowest BCUT2D eigenvalue weighted by Crippen LogP contribution is -2.55. The molecule has 0 bridgehead atoms. The molecule has 0 aromatic rings. The van der Waals surface area contributed by atoms with Crippen molar-refractivity contribution in [1.82, 2.24) is 0 Å². The van der Waals surface area contributed by atoms with Crippen molar-refractivity contribution < 1.29 is 10.2 Å². The van der Waals surface area contributed by atoms with Crippen molar-refractivity contribution in [2.24, 2.45) is 11.5 Å². The van der Waals surface area contributed by atoms with Gasteiger partial charge in [0.05, 0.1) is 12.7 Å². The second kappa shape index (κ2) is 3.70. The van der Waals surface area contributed by atoms with Crippen molar-refractivity contribution >= 4 is 0 Å². The Morgan fingerprint density at radius 1 is 1.42 bits per heavy atom. The molecule has 0 spiro atoms. The van der Waals surface area contributed by atoms with Crippen LogP contribution in [-0.2, 0) is 0 Å². The lowest BCUT2D eigenvalue weighted by atomic mass is 9.77. The molecule has 0 amide bonds. The Morgan fingerprint density at radius 3 is 2.33 bits per heavy atom. The van der Waals surface area contributed by atoms with Gasteiger partial charge in [0, 0.05) is 11.6 Å². The van der Waals surface area contributed by atoms with Crippen LogP contribution in [0.5, 0.6) is 0 Å². The van der Waals surface area contributed by atoms with E-state index in [2.05, 4.69) is 0 Å². The second-order valence-electron chi connectivity index (χ2n) is 3.77. The molecule has 0 radical (unpaired) electrons. The highest BCUT2D eigenvalue weighted by atomic mass is 16.3. The molecule has 1 aliphatic carbocycles. The topological polar surface area (TPSA) is 92.5 Å². The van der Waals surface area contributed by atoms with E-state index < -0.39 is 11.6 Å². The van der Waals surface area contributed by atoms with E-state index in [0.717, 1.165) is 12.8 Å². The van der Waals surface area contributed by atoms with E-state index in [-0.39, 0.29) is 12.6 Å². The summed E-state index contributed by atoms with van der Waals surface area (Å²) in [5.41, 5.74) is 11.0. The van der Waals surface area contributed by atoms with E-state index in [1.165, 1.54) is 0 Å². The van der Waals surface area contributed by atoms with Crippen LogP contribution in [0, 0.1) is 0 Å². The molecular weight excluding hydrogens is 156 g/mol. The van der Waals surface area contributed by atoms with Crippen LogP contribution in [0.1, 0.15) is 25.7 Å². The average molecular weight is 174 g/mol. The van der Waals surface area contributed by atoms with Crippen LogP contribution in [0.4, 0.5) is 0 Å². The normalized spacial score (nSPS) is 39.5. The maximum absolute atomic E-state index is 9.41. The monoisotopic (exact) mass is 174 g/mol. The van der Waals surface area contributed by atoms with Gasteiger partial charge < -0.3 is 21.7 Å². The first-order chi connectivity index (χ1) is 5.58. The first kappa shape index (κ1) is 9.92. The fourth-order valence-corrected chi connectivity index (χ4v) is 1.69.